The van der Waals surface area contributed by atoms with E-state index in [1.807, 2.05) is 0 Å². The average Bonchev–Trinajstić information content (AvgIpc) is 2.41. The van der Waals surface area contributed by atoms with Crippen LogP contribution in [0.15, 0.2) is 24.3 Å². The number of ether oxygens (including phenoxy) is 1. The predicted molar refractivity (Wildman–Crippen MR) is 67.0 cm³/mol. The summed E-state index contributed by atoms with van der Waals surface area (Å²) in [6.45, 7) is 3.40. The fraction of sp³-hybridized carbons (Fsp3) is 0.500. The van der Waals surface area contributed by atoms with Crippen molar-refractivity contribution in [3.05, 3.63) is 29.8 Å². The fourth-order valence-electron chi connectivity index (χ4n) is 2.90. The molecule has 1 unspecified atom stereocenters. The molecule has 0 aliphatic carbocycles. The first-order valence-corrected chi connectivity index (χ1v) is 6.45. The molecule has 4 rings (SSSR count). The number of piperidine rings is 3. The second-order valence-electron chi connectivity index (χ2n) is 5.12. The minimum atomic E-state index is -0.899. The van der Waals surface area contributed by atoms with Crippen molar-refractivity contribution >= 4 is 5.97 Å². The first-order valence-electron chi connectivity index (χ1n) is 6.45. The van der Waals surface area contributed by atoms with E-state index in [4.69, 9.17) is 9.84 Å². The Kier molecular flexibility index (Phi) is 2.96. The SMILES string of the molecule is O=C(O)c1ccc(OC2CN3CCC2CC3)cc1. The molecule has 96 valence electrons. The molecule has 4 nitrogen and oxygen atoms in total. The number of carboxylic acids is 1. The maximum atomic E-state index is 10.8. The van der Waals surface area contributed by atoms with E-state index in [1.54, 1.807) is 24.3 Å². The van der Waals surface area contributed by atoms with Crippen molar-refractivity contribution in [3.63, 3.8) is 0 Å². The van der Waals surface area contributed by atoms with E-state index in [9.17, 15) is 4.79 Å². The van der Waals surface area contributed by atoms with Crippen molar-refractivity contribution in [2.75, 3.05) is 19.6 Å². The van der Waals surface area contributed by atoms with Gasteiger partial charge in [0.25, 0.3) is 0 Å². The largest absolute Gasteiger partial charge is 0.489 e. The molecule has 0 saturated carbocycles. The van der Waals surface area contributed by atoms with Gasteiger partial charge in [0.05, 0.1) is 5.56 Å². The molecular formula is C14H17NO3. The summed E-state index contributed by atoms with van der Waals surface area (Å²) in [5, 5.41) is 8.84. The van der Waals surface area contributed by atoms with Crippen LogP contribution in [0.5, 0.6) is 5.75 Å². The summed E-state index contributed by atoms with van der Waals surface area (Å²) in [6, 6.07) is 6.69. The molecule has 0 spiro atoms. The predicted octanol–water partition coefficient (Wildman–Crippen LogP) is 1.86. The van der Waals surface area contributed by atoms with Gasteiger partial charge in [0.15, 0.2) is 0 Å². The lowest BCUT2D eigenvalue weighted by Crippen LogP contribution is -2.52. The Morgan fingerprint density at radius 2 is 1.89 bits per heavy atom. The maximum Gasteiger partial charge on any atom is 0.335 e. The van der Waals surface area contributed by atoms with Crippen LogP contribution in [-0.4, -0.2) is 41.7 Å². The summed E-state index contributed by atoms with van der Waals surface area (Å²) < 4.78 is 5.99. The molecule has 1 aromatic rings. The van der Waals surface area contributed by atoms with Crippen LogP contribution < -0.4 is 4.74 Å². The average molecular weight is 247 g/mol. The van der Waals surface area contributed by atoms with Gasteiger partial charge in [0.2, 0.25) is 0 Å². The second-order valence-corrected chi connectivity index (χ2v) is 5.12. The highest BCUT2D eigenvalue weighted by Gasteiger charge is 2.35. The molecule has 0 radical (unpaired) electrons. The van der Waals surface area contributed by atoms with Crippen molar-refractivity contribution in [1.29, 1.82) is 0 Å². The van der Waals surface area contributed by atoms with Crippen molar-refractivity contribution in [1.82, 2.24) is 4.90 Å². The number of carbonyl (C=O) groups is 1. The summed E-state index contributed by atoms with van der Waals surface area (Å²) in [5.74, 6) is 0.539. The monoisotopic (exact) mass is 247 g/mol. The highest BCUT2D eigenvalue weighted by Crippen LogP contribution is 2.30. The van der Waals surface area contributed by atoms with Crippen molar-refractivity contribution < 1.29 is 14.6 Å². The number of carboxylic acid groups (broad SMARTS) is 1. The van der Waals surface area contributed by atoms with Gasteiger partial charge < -0.3 is 9.84 Å². The molecule has 3 fully saturated rings. The smallest absolute Gasteiger partial charge is 0.335 e. The van der Waals surface area contributed by atoms with Gasteiger partial charge in [0, 0.05) is 6.54 Å². The van der Waals surface area contributed by atoms with Gasteiger partial charge in [-0.1, -0.05) is 0 Å². The number of nitrogens with zero attached hydrogens (tertiary/aromatic N) is 1. The molecule has 0 amide bonds. The van der Waals surface area contributed by atoms with Crippen LogP contribution in [-0.2, 0) is 0 Å². The highest BCUT2D eigenvalue weighted by molar-refractivity contribution is 5.87. The molecular weight excluding hydrogens is 230 g/mol. The van der Waals surface area contributed by atoms with E-state index < -0.39 is 5.97 Å². The highest BCUT2D eigenvalue weighted by atomic mass is 16.5. The molecule has 1 aromatic carbocycles. The Bertz CT molecular complexity index is 435. The van der Waals surface area contributed by atoms with Crippen LogP contribution in [0.1, 0.15) is 23.2 Å². The Morgan fingerprint density at radius 3 is 2.39 bits per heavy atom. The quantitative estimate of drug-likeness (QED) is 0.885. The van der Waals surface area contributed by atoms with Crippen molar-refractivity contribution in [2.24, 2.45) is 5.92 Å². The zero-order chi connectivity index (χ0) is 12.5. The van der Waals surface area contributed by atoms with Crippen molar-refractivity contribution in [3.8, 4) is 5.75 Å². The van der Waals surface area contributed by atoms with Crippen LogP contribution >= 0.6 is 0 Å². The van der Waals surface area contributed by atoms with E-state index in [0.717, 1.165) is 12.3 Å². The summed E-state index contributed by atoms with van der Waals surface area (Å²) in [6.07, 6.45) is 2.71. The lowest BCUT2D eigenvalue weighted by molar-refractivity contribution is -0.00776. The number of aromatic carboxylic acids is 1. The summed E-state index contributed by atoms with van der Waals surface area (Å²) >= 11 is 0. The normalized spacial score (nSPS) is 30.1. The first-order chi connectivity index (χ1) is 8.72. The zero-order valence-electron chi connectivity index (χ0n) is 10.2. The van der Waals surface area contributed by atoms with Crippen LogP contribution in [0.2, 0.25) is 0 Å². The third kappa shape index (κ3) is 2.20. The maximum absolute atomic E-state index is 10.8. The molecule has 1 N–H and O–H groups in total. The fourth-order valence-corrected chi connectivity index (χ4v) is 2.90. The van der Waals surface area contributed by atoms with E-state index in [-0.39, 0.29) is 6.10 Å². The minimum Gasteiger partial charge on any atom is -0.489 e. The molecule has 3 aliphatic heterocycles. The number of benzene rings is 1. The molecule has 3 heterocycles. The molecule has 4 heteroatoms. The Labute approximate surface area is 106 Å². The molecule has 3 aliphatic rings. The molecule has 3 saturated heterocycles. The van der Waals surface area contributed by atoms with Crippen LogP contribution in [0.25, 0.3) is 0 Å². The summed E-state index contributed by atoms with van der Waals surface area (Å²) in [4.78, 5) is 13.2. The van der Waals surface area contributed by atoms with E-state index in [0.29, 0.717) is 11.5 Å². The van der Waals surface area contributed by atoms with E-state index in [2.05, 4.69) is 4.90 Å². The standard InChI is InChI=1S/C14H17NO3/c16-14(17)11-1-3-12(4-2-11)18-13-9-15-7-5-10(13)6-8-15/h1-4,10,13H,5-9H2,(H,16,17). The Balaban J connectivity index is 1.67. The third-order valence-corrected chi connectivity index (χ3v) is 3.98. The third-order valence-electron chi connectivity index (χ3n) is 3.98. The second kappa shape index (κ2) is 4.61. The van der Waals surface area contributed by atoms with Gasteiger partial charge in [-0.2, -0.15) is 0 Å². The number of rotatable bonds is 3. The van der Waals surface area contributed by atoms with Crippen LogP contribution in [0.4, 0.5) is 0 Å². The van der Waals surface area contributed by atoms with Crippen molar-refractivity contribution in [2.45, 2.75) is 18.9 Å². The van der Waals surface area contributed by atoms with Crippen LogP contribution in [0, 0.1) is 5.92 Å². The lowest BCUT2D eigenvalue weighted by atomic mass is 9.86. The number of hydrogen-bond acceptors (Lipinski definition) is 3. The molecule has 2 bridgehead atoms. The van der Waals surface area contributed by atoms with Gasteiger partial charge in [-0.3, -0.25) is 4.90 Å². The van der Waals surface area contributed by atoms with Gasteiger partial charge in [-0.25, -0.2) is 4.79 Å². The van der Waals surface area contributed by atoms with Gasteiger partial charge in [0.1, 0.15) is 11.9 Å². The topological polar surface area (TPSA) is 49.8 Å². The molecule has 1 atom stereocenters. The first kappa shape index (κ1) is 11.5. The van der Waals surface area contributed by atoms with Crippen LogP contribution in [0.3, 0.4) is 0 Å². The zero-order valence-corrected chi connectivity index (χ0v) is 10.2. The minimum absolute atomic E-state index is 0.267. The van der Waals surface area contributed by atoms with Gasteiger partial charge in [-0.15, -0.1) is 0 Å². The summed E-state index contributed by atoms with van der Waals surface area (Å²) in [7, 11) is 0. The lowest BCUT2D eigenvalue weighted by Gasteiger charge is -2.44. The number of fused-ring (bicyclic) bond motifs is 3. The Morgan fingerprint density at radius 1 is 1.22 bits per heavy atom. The van der Waals surface area contributed by atoms with E-state index in [1.165, 1.54) is 25.9 Å². The summed E-state index contributed by atoms with van der Waals surface area (Å²) in [5.41, 5.74) is 0.302. The van der Waals surface area contributed by atoms with Gasteiger partial charge in [-0.05, 0) is 56.1 Å². The molecule has 18 heavy (non-hydrogen) atoms. The van der Waals surface area contributed by atoms with Gasteiger partial charge >= 0.3 is 5.97 Å². The number of hydrogen-bond donors (Lipinski definition) is 1. The van der Waals surface area contributed by atoms with E-state index >= 15 is 0 Å². The Hall–Kier alpha value is -1.55. The molecule has 0 aromatic heterocycles.